The first-order valence-electron chi connectivity index (χ1n) is 7.10. The van der Waals surface area contributed by atoms with E-state index in [2.05, 4.69) is 0 Å². The fourth-order valence-electron chi connectivity index (χ4n) is 1.98. The number of carbonyl (C=O) groups is 1. The molecule has 0 radical (unpaired) electrons. The Labute approximate surface area is 132 Å². The van der Waals surface area contributed by atoms with Crippen molar-refractivity contribution in [1.82, 2.24) is 4.31 Å². The summed E-state index contributed by atoms with van der Waals surface area (Å²) in [4.78, 5) is 12.1. The molecule has 0 saturated heterocycles. The molecular formula is C15H24N2O4S. The molecule has 0 saturated carbocycles. The highest BCUT2D eigenvalue weighted by Crippen LogP contribution is 2.17. The molecule has 0 bridgehead atoms. The predicted molar refractivity (Wildman–Crippen MR) is 85.4 cm³/mol. The van der Waals surface area contributed by atoms with E-state index >= 15 is 0 Å². The van der Waals surface area contributed by atoms with Gasteiger partial charge < -0.3 is 4.74 Å². The summed E-state index contributed by atoms with van der Waals surface area (Å²) in [6.45, 7) is 6.64. The lowest BCUT2D eigenvalue weighted by molar-refractivity contribution is 0.0343. The Morgan fingerprint density at radius 2 is 1.82 bits per heavy atom. The number of amides is 1. The van der Waals surface area contributed by atoms with Crippen LogP contribution in [0.1, 0.15) is 39.7 Å². The van der Waals surface area contributed by atoms with Crippen molar-refractivity contribution in [1.29, 1.82) is 0 Å². The first-order valence-corrected chi connectivity index (χ1v) is 8.60. The van der Waals surface area contributed by atoms with E-state index in [0.29, 0.717) is 17.1 Å². The van der Waals surface area contributed by atoms with Gasteiger partial charge in [0.2, 0.25) is 0 Å². The van der Waals surface area contributed by atoms with E-state index in [1.54, 1.807) is 27.7 Å². The lowest BCUT2D eigenvalue weighted by atomic mass is 10.1. The van der Waals surface area contributed by atoms with Crippen molar-refractivity contribution in [3.63, 3.8) is 0 Å². The molecule has 7 heteroatoms. The van der Waals surface area contributed by atoms with E-state index in [9.17, 15) is 13.2 Å². The molecule has 1 rings (SSSR count). The number of hydrogen-bond donors (Lipinski definition) is 1. The highest BCUT2D eigenvalue weighted by atomic mass is 32.2. The van der Waals surface area contributed by atoms with Crippen LogP contribution in [0.4, 0.5) is 4.79 Å². The Morgan fingerprint density at radius 3 is 2.27 bits per heavy atom. The monoisotopic (exact) mass is 328 g/mol. The number of aryl methyl sites for hydroxylation is 1. The third kappa shape index (κ3) is 6.03. The summed E-state index contributed by atoms with van der Waals surface area (Å²) < 4.78 is 29.2. The predicted octanol–water partition coefficient (Wildman–Crippen LogP) is 2.45. The fourth-order valence-corrected chi connectivity index (χ4v) is 2.83. The van der Waals surface area contributed by atoms with Crippen LogP contribution in [-0.2, 0) is 21.4 Å². The summed E-state index contributed by atoms with van der Waals surface area (Å²) in [5.41, 5.74) is 0.270. The maximum absolute atomic E-state index is 12.1. The first kappa shape index (κ1) is 18.4. The molecule has 0 heterocycles. The average molecular weight is 328 g/mol. The zero-order chi connectivity index (χ0) is 17.0. The molecule has 6 nitrogen and oxygen atoms in total. The number of nitrogens with two attached hydrogens (primary N) is 1. The van der Waals surface area contributed by atoms with E-state index in [-0.39, 0.29) is 0 Å². The van der Waals surface area contributed by atoms with Crippen molar-refractivity contribution >= 4 is 16.3 Å². The molecule has 0 aliphatic rings. The van der Waals surface area contributed by atoms with E-state index < -0.39 is 27.9 Å². The molecule has 1 aromatic rings. The van der Waals surface area contributed by atoms with Crippen LogP contribution in [0, 0.1) is 0 Å². The molecule has 1 aromatic carbocycles. The molecule has 1 atom stereocenters. The number of carbonyl (C=O) groups excluding carboxylic acids is 1. The zero-order valence-corrected chi connectivity index (χ0v) is 14.3. The van der Waals surface area contributed by atoms with Crippen LogP contribution in [-0.4, -0.2) is 30.5 Å². The third-order valence-corrected chi connectivity index (χ3v) is 4.00. The van der Waals surface area contributed by atoms with Gasteiger partial charge in [0.1, 0.15) is 5.60 Å². The van der Waals surface area contributed by atoms with Gasteiger partial charge in [-0.05, 0) is 46.1 Å². The molecule has 2 N–H and O–H groups in total. The number of rotatable bonds is 5. The lowest BCUT2D eigenvalue weighted by Gasteiger charge is -2.29. The molecule has 22 heavy (non-hydrogen) atoms. The van der Waals surface area contributed by atoms with Crippen LogP contribution in [0.2, 0.25) is 0 Å². The Balaban J connectivity index is 2.82. The van der Waals surface area contributed by atoms with Gasteiger partial charge in [0.25, 0.3) is 0 Å². The minimum Gasteiger partial charge on any atom is -0.443 e. The van der Waals surface area contributed by atoms with E-state index in [4.69, 9.17) is 9.88 Å². The van der Waals surface area contributed by atoms with Gasteiger partial charge in [-0.25, -0.2) is 9.93 Å². The van der Waals surface area contributed by atoms with E-state index in [1.165, 1.54) is 0 Å². The van der Waals surface area contributed by atoms with Crippen LogP contribution in [0.25, 0.3) is 0 Å². The largest absolute Gasteiger partial charge is 0.443 e. The fraction of sp³-hybridized carbons (Fsp3) is 0.533. The summed E-state index contributed by atoms with van der Waals surface area (Å²) in [5.74, 6) is 0. The molecule has 0 fully saturated rings. The number of benzene rings is 1. The van der Waals surface area contributed by atoms with Crippen molar-refractivity contribution in [3.05, 3.63) is 35.9 Å². The summed E-state index contributed by atoms with van der Waals surface area (Å²) >= 11 is 0. The molecule has 1 amide bonds. The topological polar surface area (TPSA) is 89.7 Å². The zero-order valence-electron chi connectivity index (χ0n) is 13.4. The van der Waals surface area contributed by atoms with Crippen LogP contribution >= 0.6 is 0 Å². The second-order valence-electron chi connectivity index (χ2n) is 6.19. The quantitative estimate of drug-likeness (QED) is 0.899. The minimum absolute atomic E-state index is 0.458. The van der Waals surface area contributed by atoms with Crippen LogP contribution in [0.5, 0.6) is 0 Å². The highest BCUT2D eigenvalue weighted by Gasteiger charge is 2.33. The second kappa shape index (κ2) is 7.11. The van der Waals surface area contributed by atoms with Crippen molar-refractivity contribution < 1.29 is 17.9 Å². The van der Waals surface area contributed by atoms with Crippen LogP contribution in [0.15, 0.2) is 30.3 Å². The molecule has 0 unspecified atom stereocenters. The van der Waals surface area contributed by atoms with Gasteiger partial charge in [0.05, 0.1) is 6.04 Å². The van der Waals surface area contributed by atoms with Gasteiger partial charge >= 0.3 is 16.3 Å². The number of ether oxygens (including phenoxy) is 1. The Kier molecular flexibility index (Phi) is 5.96. The third-order valence-electron chi connectivity index (χ3n) is 2.94. The Bertz CT molecular complexity index is 594. The van der Waals surface area contributed by atoms with Crippen LogP contribution < -0.4 is 5.14 Å². The van der Waals surface area contributed by atoms with Gasteiger partial charge in [0, 0.05) is 0 Å². The van der Waals surface area contributed by atoms with E-state index in [0.717, 1.165) is 5.56 Å². The Morgan fingerprint density at radius 1 is 1.27 bits per heavy atom. The average Bonchev–Trinajstić information content (AvgIpc) is 2.33. The minimum atomic E-state index is -4.18. The molecule has 124 valence electrons. The number of hydrogen-bond acceptors (Lipinski definition) is 4. The van der Waals surface area contributed by atoms with E-state index in [1.807, 2.05) is 30.3 Å². The lowest BCUT2D eigenvalue weighted by Crippen LogP contribution is -2.48. The number of nitrogens with zero attached hydrogens (tertiary/aromatic N) is 1. The normalized spacial score (nSPS) is 13.5. The van der Waals surface area contributed by atoms with Gasteiger partial charge in [-0.3, -0.25) is 0 Å². The first-order chi connectivity index (χ1) is 10.0. The Hall–Kier alpha value is -1.60. The molecule has 0 aliphatic carbocycles. The smallest absolute Gasteiger partial charge is 0.425 e. The summed E-state index contributed by atoms with van der Waals surface area (Å²) in [7, 11) is -4.18. The maximum atomic E-state index is 12.1. The standard InChI is InChI=1S/C15H24N2O4S/c1-12(10-11-13-8-6-5-7-9-13)17(22(16,19)20)14(18)21-15(2,3)4/h5-9,12H,10-11H2,1-4H3,(H2,16,19,20)/t12-/m0/s1. The molecular weight excluding hydrogens is 304 g/mol. The summed E-state index contributed by atoms with van der Waals surface area (Å²) in [6, 6.07) is 9.02. The molecule has 0 aliphatic heterocycles. The van der Waals surface area contributed by atoms with Crippen molar-refractivity contribution in [2.24, 2.45) is 5.14 Å². The van der Waals surface area contributed by atoms with Crippen molar-refractivity contribution in [2.45, 2.75) is 52.2 Å². The van der Waals surface area contributed by atoms with Gasteiger partial charge in [-0.15, -0.1) is 0 Å². The van der Waals surface area contributed by atoms with Crippen molar-refractivity contribution in [3.8, 4) is 0 Å². The second-order valence-corrected chi connectivity index (χ2v) is 7.62. The summed E-state index contributed by atoms with van der Waals surface area (Å²) in [6.07, 6.45) is 0.145. The highest BCUT2D eigenvalue weighted by molar-refractivity contribution is 7.87. The van der Waals surface area contributed by atoms with Crippen molar-refractivity contribution in [2.75, 3.05) is 0 Å². The molecule has 0 aromatic heterocycles. The van der Waals surface area contributed by atoms with Crippen LogP contribution in [0.3, 0.4) is 0 Å². The SMILES string of the molecule is C[C@@H](CCc1ccccc1)N(C(=O)OC(C)(C)C)S(N)(=O)=O. The summed E-state index contributed by atoms with van der Waals surface area (Å²) in [5, 5.41) is 5.17. The maximum Gasteiger partial charge on any atom is 0.425 e. The van der Waals surface area contributed by atoms with Gasteiger partial charge in [-0.2, -0.15) is 12.7 Å². The van der Waals surface area contributed by atoms with Gasteiger partial charge in [0.15, 0.2) is 0 Å². The van der Waals surface area contributed by atoms with Gasteiger partial charge in [-0.1, -0.05) is 30.3 Å². The molecule has 0 spiro atoms.